The summed E-state index contributed by atoms with van der Waals surface area (Å²) in [6.07, 6.45) is 4.45. The van der Waals surface area contributed by atoms with E-state index in [9.17, 15) is 5.11 Å². The summed E-state index contributed by atoms with van der Waals surface area (Å²) >= 11 is 3.54. The van der Waals surface area contributed by atoms with Crippen molar-refractivity contribution in [2.24, 2.45) is 0 Å². The normalized spacial score (nSPS) is 15.5. The summed E-state index contributed by atoms with van der Waals surface area (Å²) in [6.45, 7) is 2.89. The Kier molecular flexibility index (Phi) is 4.46. The first kappa shape index (κ1) is 12.9. The molecule has 0 amide bonds. The summed E-state index contributed by atoms with van der Waals surface area (Å²) in [5, 5.41) is 9.78. The van der Waals surface area contributed by atoms with E-state index in [2.05, 4.69) is 35.0 Å². The highest BCUT2D eigenvalue weighted by Gasteiger charge is 2.17. The van der Waals surface area contributed by atoms with Gasteiger partial charge in [0, 0.05) is 10.9 Å². The van der Waals surface area contributed by atoms with Gasteiger partial charge in [-0.1, -0.05) is 29.3 Å². The van der Waals surface area contributed by atoms with Crippen molar-refractivity contribution in [3.63, 3.8) is 0 Å². The lowest BCUT2D eigenvalue weighted by Gasteiger charge is -2.12. The molecule has 1 N–H and O–H groups in total. The number of halogens is 1. The quantitative estimate of drug-likeness (QED) is 0.902. The van der Waals surface area contributed by atoms with Crippen molar-refractivity contribution >= 4 is 15.9 Å². The van der Waals surface area contributed by atoms with Crippen molar-refractivity contribution in [1.82, 2.24) is 0 Å². The largest absolute Gasteiger partial charge is 0.493 e. The molecular formula is C14H19BrO2. The second-order valence-electron chi connectivity index (χ2n) is 4.63. The van der Waals surface area contributed by atoms with E-state index in [1.807, 2.05) is 0 Å². The van der Waals surface area contributed by atoms with E-state index in [1.165, 1.54) is 11.1 Å². The van der Waals surface area contributed by atoms with Gasteiger partial charge in [0.05, 0.1) is 12.7 Å². The molecule has 0 spiro atoms. The number of ether oxygens (including phenoxy) is 1. The number of aliphatic hydroxyl groups excluding tert-OH is 1. The predicted molar refractivity (Wildman–Crippen MR) is 72.6 cm³/mol. The number of benzene rings is 1. The molecule has 0 aromatic heterocycles. The zero-order valence-electron chi connectivity index (χ0n) is 10.2. The van der Waals surface area contributed by atoms with Crippen molar-refractivity contribution in [3.8, 4) is 5.75 Å². The molecule has 0 radical (unpaired) electrons. The number of hydrogen-bond donors (Lipinski definition) is 1. The zero-order chi connectivity index (χ0) is 12.3. The van der Waals surface area contributed by atoms with Gasteiger partial charge in [-0.2, -0.15) is 0 Å². The fourth-order valence-electron chi connectivity index (χ4n) is 2.33. The third-order valence-electron chi connectivity index (χ3n) is 3.19. The van der Waals surface area contributed by atoms with E-state index in [0.29, 0.717) is 0 Å². The second-order valence-corrected chi connectivity index (χ2v) is 5.55. The van der Waals surface area contributed by atoms with Crippen molar-refractivity contribution in [1.29, 1.82) is 0 Å². The highest BCUT2D eigenvalue weighted by atomic mass is 79.9. The van der Waals surface area contributed by atoms with Crippen LogP contribution in [0.4, 0.5) is 0 Å². The molecule has 94 valence electrons. The van der Waals surface area contributed by atoms with Crippen LogP contribution in [-0.4, -0.2) is 17.8 Å². The van der Waals surface area contributed by atoms with Gasteiger partial charge < -0.3 is 9.84 Å². The molecule has 0 saturated carbocycles. The van der Waals surface area contributed by atoms with Crippen molar-refractivity contribution in [2.45, 2.75) is 45.1 Å². The van der Waals surface area contributed by atoms with Crippen LogP contribution < -0.4 is 4.74 Å². The van der Waals surface area contributed by atoms with Crippen molar-refractivity contribution in [3.05, 3.63) is 27.7 Å². The molecule has 1 aliphatic rings. The highest BCUT2D eigenvalue weighted by molar-refractivity contribution is 9.10. The lowest BCUT2D eigenvalue weighted by atomic mass is 10.0. The molecule has 0 fully saturated rings. The standard InChI is InChI=1S/C14H19BrO2/c1-2-3-13(16)5-4-10-8-12(15)9-11-6-7-17-14(10)11/h8-9,13,16H,2-7H2,1H3. The first-order chi connectivity index (χ1) is 8.20. The monoisotopic (exact) mass is 298 g/mol. The van der Waals surface area contributed by atoms with Gasteiger partial charge in [0.1, 0.15) is 5.75 Å². The Morgan fingerprint density at radius 2 is 2.24 bits per heavy atom. The van der Waals surface area contributed by atoms with E-state index in [-0.39, 0.29) is 6.10 Å². The van der Waals surface area contributed by atoms with E-state index < -0.39 is 0 Å². The molecular weight excluding hydrogens is 280 g/mol. The summed E-state index contributed by atoms with van der Waals surface area (Å²) in [5.41, 5.74) is 2.52. The minimum atomic E-state index is -0.184. The highest BCUT2D eigenvalue weighted by Crippen LogP contribution is 2.33. The maximum absolute atomic E-state index is 9.78. The lowest BCUT2D eigenvalue weighted by molar-refractivity contribution is 0.153. The first-order valence-electron chi connectivity index (χ1n) is 6.33. The molecule has 3 heteroatoms. The zero-order valence-corrected chi connectivity index (χ0v) is 11.8. The van der Waals surface area contributed by atoms with Crippen LogP contribution in [0.25, 0.3) is 0 Å². The van der Waals surface area contributed by atoms with Crippen molar-refractivity contribution < 1.29 is 9.84 Å². The minimum absolute atomic E-state index is 0.184. The van der Waals surface area contributed by atoms with E-state index in [1.54, 1.807) is 0 Å². The molecule has 2 nitrogen and oxygen atoms in total. The SMILES string of the molecule is CCCC(O)CCc1cc(Br)cc2c1OCC2. The molecule has 1 heterocycles. The molecule has 1 aliphatic heterocycles. The Labute approximate surface area is 111 Å². The Hall–Kier alpha value is -0.540. The van der Waals surface area contributed by atoms with Gasteiger partial charge in [-0.15, -0.1) is 0 Å². The van der Waals surface area contributed by atoms with Gasteiger partial charge in [0.2, 0.25) is 0 Å². The van der Waals surface area contributed by atoms with Crippen LogP contribution in [-0.2, 0) is 12.8 Å². The summed E-state index contributed by atoms with van der Waals surface area (Å²) in [6, 6.07) is 4.25. The number of hydrogen-bond acceptors (Lipinski definition) is 2. The molecule has 0 bridgehead atoms. The van der Waals surface area contributed by atoms with Gasteiger partial charge in [-0.25, -0.2) is 0 Å². The second kappa shape index (κ2) is 5.87. The third kappa shape index (κ3) is 3.23. The van der Waals surface area contributed by atoms with Crippen LogP contribution >= 0.6 is 15.9 Å². The molecule has 1 unspecified atom stereocenters. The number of fused-ring (bicyclic) bond motifs is 1. The predicted octanol–water partition coefficient (Wildman–Crippen LogP) is 3.48. The van der Waals surface area contributed by atoms with Crippen LogP contribution in [0.15, 0.2) is 16.6 Å². The smallest absolute Gasteiger partial charge is 0.125 e. The summed E-state index contributed by atoms with van der Waals surface area (Å²) in [7, 11) is 0. The average molecular weight is 299 g/mol. The molecule has 2 rings (SSSR count). The Balaban J connectivity index is 2.05. The number of rotatable bonds is 5. The van der Waals surface area contributed by atoms with Crippen LogP contribution in [0.2, 0.25) is 0 Å². The van der Waals surface area contributed by atoms with Crippen LogP contribution in [0.3, 0.4) is 0 Å². The third-order valence-corrected chi connectivity index (χ3v) is 3.65. The van der Waals surface area contributed by atoms with Gasteiger partial charge >= 0.3 is 0 Å². The summed E-state index contributed by atoms with van der Waals surface area (Å²) < 4.78 is 6.79. The maximum atomic E-state index is 9.78. The summed E-state index contributed by atoms with van der Waals surface area (Å²) in [5.74, 6) is 1.05. The molecule has 1 aromatic carbocycles. The Morgan fingerprint density at radius 1 is 1.41 bits per heavy atom. The van der Waals surface area contributed by atoms with Gasteiger partial charge in [0.25, 0.3) is 0 Å². The van der Waals surface area contributed by atoms with E-state index in [4.69, 9.17) is 4.74 Å². The molecule has 0 saturated heterocycles. The topological polar surface area (TPSA) is 29.5 Å². The summed E-state index contributed by atoms with van der Waals surface area (Å²) in [4.78, 5) is 0. The molecule has 1 atom stereocenters. The van der Waals surface area contributed by atoms with E-state index >= 15 is 0 Å². The van der Waals surface area contributed by atoms with Gasteiger partial charge in [-0.3, -0.25) is 0 Å². The lowest BCUT2D eigenvalue weighted by Crippen LogP contribution is -2.07. The molecule has 1 aromatic rings. The van der Waals surface area contributed by atoms with Gasteiger partial charge in [0.15, 0.2) is 0 Å². The minimum Gasteiger partial charge on any atom is -0.493 e. The van der Waals surface area contributed by atoms with Crippen LogP contribution in [0, 0.1) is 0 Å². The fourth-order valence-corrected chi connectivity index (χ4v) is 2.88. The average Bonchev–Trinajstić information content (AvgIpc) is 2.74. The fraction of sp³-hybridized carbons (Fsp3) is 0.571. The van der Waals surface area contributed by atoms with Gasteiger partial charge in [-0.05, 0) is 42.5 Å². The molecule has 0 aliphatic carbocycles. The number of aliphatic hydroxyl groups is 1. The first-order valence-corrected chi connectivity index (χ1v) is 7.12. The Morgan fingerprint density at radius 3 is 3.00 bits per heavy atom. The van der Waals surface area contributed by atoms with Crippen LogP contribution in [0.5, 0.6) is 5.75 Å². The van der Waals surface area contributed by atoms with E-state index in [0.717, 1.165) is 48.9 Å². The van der Waals surface area contributed by atoms with Crippen molar-refractivity contribution in [2.75, 3.05) is 6.61 Å². The maximum Gasteiger partial charge on any atom is 0.125 e. The molecule has 17 heavy (non-hydrogen) atoms. The van der Waals surface area contributed by atoms with Crippen LogP contribution in [0.1, 0.15) is 37.3 Å². The number of aryl methyl sites for hydroxylation is 1. The Bertz CT molecular complexity index is 390.